The summed E-state index contributed by atoms with van der Waals surface area (Å²) in [5, 5.41) is 3.93. The first-order chi connectivity index (χ1) is 13.1. The lowest BCUT2D eigenvalue weighted by Crippen LogP contribution is -1.99. The van der Waals surface area contributed by atoms with Crippen LogP contribution in [0.3, 0.4) is 0 Å². The predicted molar refractivity (Wildman–Crippen MR) is 112 cm³/mol. The number of aryl methyl sites for hydroxylation is 1. The van der Waals surface area contributed by atoms with Gasteiger partial charge in [-0.3, -0.25) is 0 Å². The third-order valence-corrected chi connectivity index (χ3v) is 4.16. The largest absolute Gasteiger partial charge is 0.456 e. The second kappa shape index (κ2) is 7.90. The third-order valence-electron chi connectivity index (χ3n) is 3.93. The summed E-state index contributed by atoms with van der Waals surface area (Å²) in [7, 11) is 0. The summed E-state index contributed by atoms with van der Waals surface area (Å²) in [5.41, 5.74) is 3.41. The van der Waals surface area contributed by atoms with Gasteiger partial charge < -0.3 is 14.8 Å². The molecule has 0 radical (unpaired) electrons. The van der Waals surface area contributed by atoms with Crippen LogP contribution >= 0.6 is 11.6 Å². The molecule has 27 heavy (non-hydrogen) atoms. The van der Waals surface area contributed by atoms with Crippen molar-refractivity contribution in [2.24, 2.45) is 0 Å². The van der Waals surface area contributed by atoms with Crippen LogP contribution in [-0.4, -0.2) is 0 Å². The van der Waals surface area contributed by atoms with E-state index in [4.69, 9.17) is 21.1 Å². The molecule has 0 atom stereocenters. The Morgan fingerprint density at radius 1 is 1.00 bits per heavy atom. The van der Waals surface area contributed by atoms with Crippen LogP contribution in [0, 0.1) is 19.8 Å². The summed E-state index contributed by atoms with van der Waals surface area (Å²) < 4.78 is 12.2. The van der Waals surface area contributed by atoms with Crippen LogP contribution in [-0.2, 0) is 0 Å². The zero-order chi connectivity index (χ0) is 19.4. The Morgan fingerprint density at radius 2 is 1.78 bits per heavy atom. The lowest BCUT2D eigenvalue weighted by molar-refractivity contribution is 0.460. The molecular weight excluding hydrogens is 358 g/mol. The van der Waals surface area contributed by atoms with E-state index in [0.29, 0.717) is 22.3 Å². The number of nitrogens with one attached hydrogen (secondary N) is 1. The van der Waals surface area contributed by atoms with Crippen molar-refractivity contribution < 1.29 is 9.47 Å². The Morgan fingerprint density at radius 3 is 2.56 bits per heavy atom. The molecule has 3 aromatic carbocycles. The highest BCUT2D eigenvalue weighted by Crippen LogP contribution is 2.44. The van der Waals surface area contributed by atoms with Gasteiger partial charge in [0.15, 0.2) is 5.75 Å². The molecule has 134 valence electrons. The predicted octanol–water partition coefficient (Wildman–Crippen LogP) is 6.88. The fraction of sp³-hybridized carbons (Fsp3) is 0.0435. The third kappa shape index (κ3) is 3.92. The summed E-state index contributed by atoms with van der Waals surface area (Å²) in [5.74, 6) is 2.79. The second-order valence-corrected chi connectivity index (χ2v) is 6.33. The number of fused-ring (bicyclic) bond motifs is 2. The van der Waals surface area contributed by atoms with Gasteiger partial charge >= 0.3 is 0 Å². The number of rotatable bonds is 2. The van der Waals surface area contributed by atoms with E-state index < -0.39 is 0 Å². The molecule has 1 aliphatic rings. The van der Waals surface area contributed by atoms with E-state index in [9.17, 15) is 0 Å². The summed E-state index contributed by atoms with van der Waals surface area (Å²) in [4.78, 5) is 0. The first-order valence-corrected chi connectivity index (χ1v) is 8.62. The van der Waals surface area contributed by atoms with E-state index in [2.05, 4.69) is 24.7 Å². The minimum Gasteiger partial charge on any atom is -0.456 e. The quantitative estimate of drug-likeness (QED) is 0.495. The van der Waals surface area contributed by atoms with E-state index in [0.717, 1.165) is 28.3 Å². The average molecular weight is 376 g/mol. The Bertz CT molecular complexity index is 1020. The number of para-hydroxylation sites is 2. The Balaban J connectivity index is 0.00000102. The van der Waals surface area contributed by atoms with Crippen LogP contribution in [0.5, 0.6) is 23.0 Å². The minimum absolute atomic E-state index is 0.622. The van der Waals surface area contributed by atoms with E-state index in [1.807, 2.05) is 61.5 Å². The molecule has 0 aromatic heterocycles. The van der Waals surface area contributed by atoms with Gasteiger partial charge in [-0.15, -0.1) is 12.8 Å². The van der Waals surface area contributed by atoms with Crippen LogP contribution in [0.25, 0.3) is 5.70 Å². The molecule has 0 spiro atoms. The second-order valence-electron chi connectivity index (χ2n) is 5.90. The van der Waals surface area contributed by atoms with Crippen molar-refractivity contribution >= 4 is 23.0 Å². The van der Waals surface area contributed by atoms with E-state index in [-0.39, 0.29) is 0 Å². The normalized spacial score (nSPS) is 11.5. The van der Waals surface area contributed by atoms with E-state index in [1.54, 1.807) is 6.07 Å². The topological polar surface area (TPSA) is 30.5 Å². The van der Waals surface area contributed by atoms with Crippen molar-refractivity contribution in [1.29, 1.82) is 0 Å². The fourth-order valence-corrected chi connectivity index (χ4v) is 3.02. The number of halogens is 1. The van der Waals surface area contributed by atoms with Crippen LogP contribution in [0.4, 0.5) is 5.69 Å². The van der Waals surface area contributed by atoms with E-state index >= 15 is 0 Å². The Labute approximate surface area is 164 Å². The van der Waals surface area contributed by atoms with E-state index in [1.165, 1.54) is 0 Å². The van der Waals surface area contributed by atoms with Gasteiger partial charge in [-0.2, -0.15) is 0 Å². The van der Waals surface area contributed by atoms with Crippen LogP contribution < -0.4 is 14.8 Å². The molecular formula is C23H18ClNO2. The van der Waals surface area contributed by atoms with Crippen LogP contribution in [0.15, 0.2) is 67.2 Å². The zero-order valence-corrected chi connectivity index (χ0v) is 15.6. The van der Waals surface area contributed by atoms with Gasteiger partial charge in [-0.1, -0.05) is 36.4 Å². The molecule has 1 heterocycles. The van der Waals surface area contributed by atoms with Crippen molar-refractivity contribution in [2.75, 3.05) is 5.32 Å². The molecule has 0 amide bonds. The smallest absolute Gasteiger partial charge is 0.150 e. The highest BCUT2D eigenvalue weighted by molar-refractivity contribution is 6.30. The first kappa shape index (κ1) is 18.4. The highest BCUT2D eigenvalue weighted by atomic mass is 35.5. The lowest BCUT2D eigenvalue weighted by atomic mass is 10.1. The molecule has 1 N–H and O–H groups in total. The summed E-state index contributed by atoms with van der Waals surface area (Å²) in [6.07, 6.45) is 8.00. The molecule has 0 saturated carbocycles. The molecule has 4 rings (SSSR count). The van der Waals surface area contributed by atoms with Gasteiger partial charge in [0.2, 0.25) is 0 Å². The Hall–Kier alpha value is -3.35. The molecule has 0 aliphatic carbocycles. The van der Waals surface area contributed by atoms with Gasteiger partial charge in [0, 0.05) is 10.7 Å². The standard InChI is InChI=1S/C21H16ClNO2.C2H2/c1-13-10-19(24-16-7-5-6-15(22)12-16)21-14(2)23-17-8-3-4-9-18(17)25-20(21)11-13;1-2/h3-12,23H,2H2,1H3;1-2H. The van der Waals surface area contributed by atoms with Gasteiger partial charge in [0.25, 0.3) is 0 Å². The van der Waals surface area contributed by atoms with Crippen LogP contribution in [0.2, 0.25) is 5.02 Å². The van der Waals surface area contributed by atoms with Crippen LogP contribution in [0.1, 0.15) is 11.1 Å². The van der Waals surface area contributed by atoms with Crippen molar-refractivity contribution in [1.82, 2.24) is 0 Å². The minimum atomic E-state index is 0.622. The molecule has 4 heteroatoms. The first-order valence-electron chi connectivity index (χ1n) is 8.25. The van der Waals surface area contributed by atoms with Gasteiger partial charge in [-0.25, -0.2) is 0 Å². The van der Waals surface area contributed by atoms with Crippen molar-refractivity contribution in [2.45, 2.75) is 6.92 Å². The summed E-state index contributed by atoms with van der Waals surface area (Å²) in [6.45, 7) is 6.17. The number of hydrogen-bond donors (Lipinski definition) is 1. The SMILES string of the molecule is C#C.C=C1Nc2ccccc2Oc2cc(C)cc(Oc3cccc(Cl)c3)c21. The molecule has 0 unspecified atom stereocenters. The molecule has 3 nitrogen and oxygen atoms in total. The average Bonchev–Trinajstić information content (AvgIpc) is 2.78. The van der Waals surface area contributed by atoms with Gasteiger partial charge in [-0.05, 0) is 55.0 Å². The number of anilines is 1. The monoisotopic (exact) mass is 375 g/mol. The lowest BCUT2D eigenvalue weighted by Gasteiger charge is -2.16. The number of terminal acetylenes is 1. The van der Waals surface area contributed by atoms with Crippen molar-refractivity contribution in [3.8, 4) is 35.8 Å². The molecule has 1 aliphatic heterocycles. The molecule has 0 fully saturated rings. The Kier molecular flexibility index (Phi) is 5.40. The highest BCUT2D eigenvalue weighted by Gasteiger charge is 2.22. The summed E-state index contributed by atoms with van der Waals surface area (Å²) in [6, 6.07) is 19.0. The maximum atomic E-state index is 6.13. The zero-order valence-electron chi connectivity index (χ0n) is 14.8. The molecule has 0 saturated heterocycles. The molecule has 3 aromatic rings. The van der Waals surface area contributed by atoms with Gasteiger partial charge in [0.05, 0.1) is 11.3 Å². The van der Waals surface area contributed by atoms with Crippen molar-refractivity contribution in [3.63, 3.8) is 0 Å². The number of benzene rings is 3. The molecule has 0 bridgehead atoms. The fourth-order valence-electron chi connectivity index (χ4n) is 2.84. The van der Waals surface area contributed by atoms with Crippen molar-refractivity contribution in [3.05, 3.63) is 83.4 Å². The summed E-state index contributed by atoms with van der Waals surface area (Å²) >= 11 is 6.07. The maximum absolute atomic E-state index is 6.13. The van der Waals surface area contributed by atoms with Gasteiger partial charge in [0.1, 0.15) is 17.2 Å². The maximum Gasteiger partial charge on any atom is 0.150 e. The number of hydrogen-bond acceptors (Lipinski definition) is 3. The number of ether oxygens (including phenoxy) is 2.